The summed E-state index contributed by atoms with van der Waals surface area (Å²) in [6.45, 7) is 4.07. The molecular weight excluding hydrogens is 252 g/mol. The van der Waals surface area contributed by atoms with Crippen molar-refractivity contribution < 1.29 is 9.21 Å². The molecule has 1 aliphatic rings. The van der Waals surface area contributed by atoms with Crippen LogP contribution in [0.3, 0.4) is 0 Å². The van der Waals surface area contributed by atoms with Gasteiger partial charge in [-0.15, -0.1) is 0 Å². The first-order valence-electron chi connectivity index (χ1n) is 6.95. The number of carbonyl (C=O) groups is 1. The summed E-state index contributed by atoms with van der Waals surface area (Å²) >= 11 is 0. The fourth-order valence-electron chi connectivity index (χ4n) is 2.48. The van der Waals surface area contributed by atoms with Crippen LogP contribution in [0.2, 0.25) is 0 Å². The predicted octanol–water partition coefficient (Wildman–Crippen LogP) is 3.44. The maximum absolute atomic E-state index is 12.0. The highest BCUT2D eigenvalue weighted by atomic mass is 16.3. The molecule has 1 aromatic carbocycles. The average molecular weight is 270 g/mol. The smallest absolute Gasteiger partial charge is 0.291 e. The minimum Gasteiger partial charge on any atom is -0.456 e. The molecule has 0 spiro atoms. The Morgan fingerprint density at radius 2 is 1.80 bits per heavy atom. The second-order valence-corrected chi connectivity index (χ2v) is 5.11. The van der Waals surface area contributed by atoms with Gasteiger partial charge in [-0.25, -0.2) is 0 Å². The number of furan rings is 1. The fraction of sp³-hybridized carbons (Fsp3) is 0.312. The Labute approximate surface area is 118 Å². The molecule has 0 bridgehead atoms. The molecule has 1 amide bonds. The van der Waals surface area contributed by atoms with Crippen molar-refractivity contribution in [3.05, 3.63) is 47.9 Å². The van der Waals surface area contributed by atoms with Crippen molar-refractivity contribution >= 4 is 17.3 Å². The second kappa shape index (κ2) is 5.41. The molecule has 4 heteroatoms. The highest BCUT2D eigenvalue weighted by Crippen LogP contribution is 2.22. The van der Waals surface area contributed by atoms with E-state index in [1.807, 2.05) is 31.2 Å². The first-order chi connectivity index (χ1) is 9.72. The molecule has 1 fully saturated rings. The molecule has 0 aliphatic carbocycles. The van der Waals surface area contributed by atoms with Gasteiger partial charge in [-0.3, -0.25) is 4.79 Å². The molecule has 0 radical (unpaired) electrons. The minimum absolute atomic E-state index is 0.216. The maximum Gasteiger partial charge on any atom is 0.291 e. The van der Waals surface area contributed by atoms with Crippen LogP contribution in [0.25, 0.3) is 0 Å². The van der Waals surface area contributed by atoms with Crippen molar-refractivity contribution in [2.45, 2.75) is 19.8 Å². The van der Waals surface area contributed by atoms with Gasteiger partial charge in [0.2, 0.25) is 0 Å². The largest absolute Gasteiger partial charge is 0.456 e. The minimum atomic E-state index is -0.216. The lowest BCUT2D eigenvalue weighted by molar-refractivity contribution is 0.0995. The SMILES string of the molecule is Cc1ccc(C(=O)Nc2ccc(N3CCCC3)cc2)o1. The van der Waals surface area contributed by atoms with Crippen molar-refractivity contribution in [2.75, 3.05) is 23.3 Å². The van der Waals surface area contributed by atoms with Gasteiger partial charge < -0.3 is 14.6 Å². The summed E-state index contributed by atoms with van der Waals surface area (Å²) in [6.07, 6.45) is 2.52. The lowest BCUT2D eigenvalue weighted by Gasteiger charge is -2.17. The Morgan fingerprint density at radius 1 is 1.10 bits per heavy atom. The fourth-order valence-corrected chi connectivity index (χ4v) is 2.48. The van der Waals surface area contributed by atoms with Crippen LogP contribution in [0.15, 0.2) is 40.8 Å². The van der Waals surface area contributed by atoms with Gasteiger partial charge in [0, 0.05) is 24.5 Å². The van der Waals surface area contributed by atoms with Crippen LogP contribution < -0.4 is 10.2 Å². The summed E-state index contributed by atoms with van der Waals surface area (Å²) in [5.74, 6) is 0.859. The number of aryl methyl sites for hydroxylation is 1. The summed E-state index contributed by atoms with van der Waals surface area (Å²) in [4.78, 5) is 14.3. The van der Waals surface area contributed by atoms with Crippen LogP contribution in [0.1, 0.15) is 29.2 Å². The third kappa shape index (κ3) is 2.69. The van der Waals surface area contributed by atoms with E-state index in [1.165, 1.54) is 18.5 Å². The zero-order valence-electron chi connectivity index (χ0n) is 11.6. The number of carbonyl (C=O) groups excluding carboxylic acids is 1. The topological polar surface area (TPSA) is 45.5 Å². The van der Waals surface area contributed by atoms with Crippen LogP contribution >= 0.6 is 0 Å². The summed E-state index contributed by atoms with van der Waals surface area (Å²) in [5, 5.41) is 2.84. The van der Waals surface area contributed by atoms with Crippen LogP contribution in [-0.4, -0.2) is 19.0 Å². The Morgan fingerprint density at radius 3 is 2.40 bits per heavy atom. The zero-order valence-corrected chi connectivity index (χ0v) is 11.6. The zero-order chi connectivity index (χ0) is 13.9. The molecule has 1 aliphatic heterocycles. The van der Waals surface area contributed by atoms with Gasteiger partial charge in [-0.2, -0.15) is 0 Å². The molecule has 0 saturated carbocycles. The summed E-state index contributed by atoms with van der Waals surface area (Å²) in [5.41, 5.74) is 2.00. The maximum atomic E-state index is 12.0. The molecule has 1 saturated heterocycles. The van der Waals surface area contributed by atoms with Crippen LogP contribution in [0, 0.1) is 6.92 Å². The third-order valence-corrected chi connectivity index (χ3v) is 3.56. The molecule has 0 unspecified atom stereocenters. The van der Waals surface area contributed by atoms with Gasteiger partial charge in [-0.1, -0.05) is 0 Å². The van der Waals surface area contributed by atoms with E-state index in [9.17, 15) is 4.79 Å². The van der Waals surface area contributed by atoms with Crippen LogP contribution in [-0.2, 0) is 0 Å². The van der Waals surface area contributed by atoms with Crippen molar-refractivity contribution in [2.24, 2.45) is 0 Å². The molecule has 20 heavy (non-hydrogen) atoms. The van der Waals surface area contributed by atoms with Gasteiger partial charge >= 0.3 is 0 Å². The standard InChI is InChI=1S/C16H18N2O2/c1-12-4-9-15(20-12)16(19)17-13-5-7-14(8-6-13)18-10-2-3-11-18/h4-9H,2-3,10-11H2,1H3,(H,17,19). The molecule has 4 nitrogen and oxygen atoms in total. The number of rotatable bonds is 3. The quantitative estimate of drug-likeness (QED) is 0.929. The molecule has 2 heterocycles. The Balaban J connectivity index is 1.67. The summed E-state index contributed by atoms with van der Waals surface area (Å²) in [6, 6.07) is 11.4. The molecule has 1 N–H and O–H groups in total. The van der Waals surface area contributed by atoms with E-state index in [4.69, 9.17) is 4.42 Å². The van der Waals surface area contributed by atoms with Gasteiger partial charge in [0.15, 0.2) is 5.76 Å². The van der Waals surface area contributed by atoms with E-state index >= 15 is 0 Å². The van der Waals surface area contributed by atoms with Crippen molar-refractivity contribution in [1.29, 1.82) is 0 Å². The van der Waals surface area contributed by atoms with Gasteiger partial charge in [0.1, 0.15) is 5.76 Å². The van der Waals surface area contributed by atoms with Crippen LogP contribution in [0.5, 0.6) is 0 Å². The lowest BCUT2D eigenvalue weighted by Crippen LogP contribution is -2.17. The van der Waals surface area contributed by atoms with E-state index in [2.05, 4.69) is 10.2 Å². The second-order valence-electron chi connectivity index (χ2n) is 5.11. The van der Waals surface area contributed by atoms with Gasteiger partial charge in [0.25, 0.3) is 5.91 Å². The average Bonchev–Trinajstić information content (AvgIpc) is 3.10. The Hall–Kier alpha value is -2.23. The molecule has 0 atom stereocenters. The van der Waals surface area contributed by atoms with Crippen LogP contribution in [0.4, 0.5) is 11.4 Å². The molecular formula is C16H18N2O2. The predicted molar refractivity (Wildman–Crippen MR) is 79.3 cm³/mol. The first-order valence-corrected chi connectivity index (χ1v) is 6.95. The van der Waals surface area contributed by atoms with Crippen molar-refractivity contribution in [1.82, 2.24) is 0 Å². The number of amides is 1. The summed E-state index contributed by atoms with van der Waals surface area (Å²) < 4.78 is 5.30. The number of anilines is 2. The van der Waals surface area contributed by atoms with E-state index < -0.39 is 0 Å². The van der Waals surface area contributed by atoms with E-state index in [-0.39, 0.29) is 5.91 Å². The summed E-state index contributed by atoms with van der Waals surface area (Å²) in [7, 11) is 0. The molecule has 1 aromatic heterocycles. The van der Waals surface area contributed by atoms with E-state index in [0.29, 0.717) is 5.76 Å². The number of hydrogen-bond donors (Lipinski definition) is 1. The van der Waals surface area contributed by atoms with E-state index in [1.54, 1.807) is 12.1 Å². The highest BCUT2D eigenvalue weighted by molar-refractivity contribution is 6.02. The molecule has 3 rings (SSSR count). The normalized spacial score (nSPS) is 14.6. The van der Waals surface area contributed by atoms with Crippen molar-refractivity contribution in [3.8, 4) is 0 Å². The van der Waals surface area contributed by atoms with Gasteiger partial charge in [-0.05, 0) is 56.2 Å². The monoisotopic (exact) mass is 270 g/mol. The highest BCUT2D eigenvalue weighted by Gasteiger charge is 2.13. The van der Waals surface area contributed by atoms with Gasteiger partial charge in [0.05, 0.1) is 0 Å². The number of nitrogens with zero attached hydrogens (tertiary/aromatic N) is 1. The Kier molecular flexibility index (Phi) is 3.46. The third-order valence-electron chi connectivity index (χ3n) is 3.56. The van der Waals surface area contributed by atoms with E-state index in [0.717, 1.165) is 24.5 Å². The molecule has 2 aromatic rings. The van der Waals surface area contributed by atoms with Crippen molar-refractivity contribution in [3.63, 3.8) is 0 Å². The first kappa shape index (κ1) is 12.8. The lowest BCUT2D eigenvalue weighted by atomic mass is 10.2. The number of hydrogen-bond acceptors (Lipinski definition) is 3. The Bertz CT molecular complexity index is 595. The number of nitrogens with one attached hydrogen (secondary N) is 1. The number of benzene rings is 1. The molecule has 104 valence electrons.